The van der Waals surface area contributed by atoms with Crippen LogP contribution in [-0.4, -0.2) is 72.9 Å². The second-order valence-electron chi connectivity index (χ2n) is 9.64. The highest BCUT2D eigenvalue weighted by Crippen LogP contribution is 2.39. The van der Waals surface area contributed by atoms with Crippen LogP contribution in [0.4, 0.5) is 0 Å². The highest BCUT2D eigenvalue weighted by molar-refractivity contribution is 7.89. The second kappa shape index (κ2) is 10.3. The van der Waals surface area contributed by atoms with Gasteiger partial charge in [-0.1, -0.05) is 0 Å². The lowest BCUT2D eigenvalue weighted by Gasteiger charge is -2.34. The molecule has 184 valence electrons. The van der Waals surface area contributed by atoms with E-state index in [2.05, 4.69) is 21.0 Å². The standard InChI is InChI=1S/C25H34N4O4S/c1-32-13-14-33-21-3-2-12-29(16-21)34(30,31)17-18-4-6-19(7-5-18)24-23-20(8-10-26-24)15-28-25-22(23)9-11-27-25/h8-11,15,18-19,21,26H,2-7,12-14,16-17H2,1H3. The van der Waals surface area contributed by atoms with E-state index in [9.17, 15) is 8.42 Å². The fourth-order valence-corrected chi connectivity index (χ4v) is 7.57. The molecular formula is C25H34N4O4S. The van der Waals surface area contributed by atoms with E-state index >= 15 is 0 Å². The van der Waals surface area contributed by atoms with E-state index in [1.165, 1.54) is 11.1 Å². The Kier molecular flexibility index (Phi) is 7.15. The molecule has 1 aliphatic heterocycles. The molecule has 1 saturated heterocycles. The van der Waals surface area contributed by atoms with Gasteiger partial charge in [-0.05, 0) is 62.5 Å². The van der Waals surface area contributed by atoms with Crippen LogP contribution in [0, 0.1) is 5.92 Å². The first-order chi connectivity index (χ1) is 16.5. The number of nitrogens with zero attached hydrogens (tertiary/aromatic N) is 3. The van der Waals surface area contributed by atoms with Gasteiger partial charge in [-0.25, -0.2) is 18.4 Å². The lowest BCUT2D eigenvalue weighted by molar-refractivity contribution is -0.00658. The molecule has 34 heavy (non-hydrogen) atoms. The van der Waals surface area contributed by atoms with Crippen molar-refractivity contribution in [1.82, 2.24) is 19.3 Å². The SMILES string of the molecule is COCCOC1CCCN(S(=O)(=O)CC2CCC(c3[nH]ccc4cnc5nccc5c34)CC2)C1. The molecule has 5 rings (SSSR count). The maximum Gasteiger partial charge on any atom is 0.214 e. The summed E-state index contributed by atoms with van der Waals surface area (Å²) < 4.78 is 38.9. The quantitative estimate of drug-likeness (QED) is 0.486. The molecule has 0 spiro atoms. The molecule has 3 aromatic heterocycles. The van der Waals surface area contributed by atoms with Gasteiger partial charge in [0.1, 0.15) is 0 Å². The van der Waals surface area contributed by atoms with Crippen LogP contribution in [0.5, 0.6) is 0 Å². The fourth-order valence-electron chi connectivity index (χ4n) is 5.63. The molecule has 1 atom stereocenters. The van der Waals surface area contributed by atoms with Crippen LogP contribution in [0.15, 0.2) is 30.7 Å². The van der Waals surface area contributed by atoms with Crippen molar-refractivity contribution < 1.29 is 17.9 Å². The molecule has 1 saturated carbocycles. The topological polar surface area (TPSA) is 97.4 Å². The number of fused-ring (bicyclic) bond motifs is 3. The van der Waals surface area contributed by atoms with Crippen molar-refractivity contribution in [2.75, 3.05) is 39.2 Å². The Labute approximate surface area is 201 Å². The van der Waals surface area contributed by atoms with Crippen molar-refractivity contribution in [2.45, 2.75) is 50.5 Å². The summed E-state index contributed by atoms with van der Waals surface area (Å²) in [4.78, 5) is 12.3. The third-order valence-electron chi connectivity index (χ3n) is 7.41. The van der Waals surface area contributed by atoms with Crippen LogP contribution in [0.25, 0.3) is 21.8 Å². The smallest absolute Gasteiger partial charge is 0.214 e. The minimum atomic E-state index is -3.29. The number of methoxy groups -OCH3 is 1. The zero-order chi connectivity index (χ0) is 23.5. The van der Waals surface area contributed by atoms with Crippen molar-refractivity contribution in [3.63, 3.8) is 0 Å². The highest BCUT2D eigenvalue weighted by Gasteiger charge is 2.33. The monoisotopic (exact) mass is 486 g/mol. The molecule has 0 aromatic carbocycles. The molecule has 1 aliphatic carbocycles. The van der Waals surface area contributed by atoms with Crippen LogP contribution >= 0.6 is 0 Å². The number of nitrogens with one attached hydrogen (secondary N) is 1. The number of hydrogen-bond acceptors (Lipinski definition) is 6. The molecule has 0 bridgehead atoms. The largest absolute Gasteiger partial charge is 0.382 e. The van der Waals surface area contributed by atoms with Gasteiger partial charge < -0.3 is 14.5 Å². The van der Waals surface area contributed by atoms with Gasteiger partial charge in [-0.15, -0.1) is 0 Å². The molecule has 0 radical (unpaired) electrons. The molecule has 3 aromatic rings. The molecule has 9 heteroatoms. The molecule has 4 heterocycles. The van der Waals surface area contributed by atoms with Gasteiger partial charge in [-0.3, -0.25) is 0 Å². The van der Waals surface area contributed by atoms with Gasteiger partial charge >= 0.3 is 0 Å². The van der Waals surface area contributed by atoms with E-state index in [0.717, 1.165) is 54.9 Å². The van der Waals surface area contributed by atoms with Gasteiger partial charge in [0.25, 0.3) is 0 Å². The van der Waals surface area contributed by atoms with Crippen molar-refractivity contribution >= 4 is 31.8 Å². The number of aromatic amines is 1. The summed E-state index contributed by atoms with van der Waals surface area (Å²) >= 11 is 0. The van der Waals surface area contributed by atoms with Gasteiger partial charge in [0.05, 0.1) is 25.1 Å². The maximum atomic E-state index is 13.2. The number of hydrogen-bond donors (Lipinski definition) is 1. The third-order valence-corrected chi connectivity index (χ3v) is 9.42. The summed E-state index contributed by atoms with van der Waals surface area (Å²) in [5, 5.41) is 3.40. The number of aromatic nitrogens is 3. The first-order valence-corrected chi connectivity index (χ1v) is 13.9. The molecule has 1 unspecified atom stereocenters. The first-order valence-electron chi connectivity index (χ1n) is 12.3. The van der Waals surface area contributed by atoms with Crippen molar-refractivity contribution in [2.24, 2.45) is 5.92 Å². The van der Waals surface area contributed by atoms with E-state index in [0.29, 0.717) is 32.2 Å². The Morgan fingerprint density at radius 2 is 1.97 bits per heavy atom. The lowest BCUT2D eigenvalue weighted by atomic mass is 9.80. The number of H-pyrrole nitrogens is 1. The van der Waals surface area contributed by atoms with Gasteiger partial charge in [0.2, 0.25) is 10.0 Å². The second-order valence-corrected chi connectivity index (χ2v) is 11.7. The van der Waals surface area contributed by atoms with Crippen molar-refractivity contribution in [3.05, 3.63) is 36.4 Å². The summed E-state index contributed by atoms with van der Waals surface area (Å²) in [6, 6.07) is 4.09. The van der Waals surface area contributed by atoms with Crippen LogP contribution in [0.2, 0.25) is 0 Å². The van der Waals surface area contributed by atoms with E-state index in [4.69, 9.17) is 9.47 Å². The van der Waals surface area contributed by atoms with Crippen LogP contribution in [0.1, 0.15) is 50.1 Å². The zero-order valence-electron chi connectivity index (χ0n) is 19.8. The molecule has 1 N–H and O–H groups in total. The molecular weight excluding hydrogens is 452 g/mol. The van der Waals surface area contributed by atoms with Crippen molar-refractivity contribution in [3.8, 4) is 0 Å². The average Bonchev–Trinajstić information content (AvgIpc) is 3.34. The Bertz CT molecular complexity index is 1220. The maximum absolute atomic E-state index is 13.2. The molecule has 0 amide bonds. The highest BCUT2D eigenvalue weighted by atomic mass is 32.2. The zero-order valence-corrected chi connectivity index (χ0v) is 20.6. The Morgan fingerprint density at radius 3 is 2.79 bits per heavy atom. The van der Waals surface area contributed by atoms with E-state index in [1.807, 2.05) is 24.7 Å². The van der Waals surface area contributed by atoms with E-state index in [-0.39, 0.29) is 17.8 Å². The predicted molar refractivity (Wildman–Crippen MR) is 132 cm³/mol. The lowest BCUT2D eigenvalue weighted by Crippen LogP contribution is -2.45. The minimum Gasteiger partial charge on any atom is -0.382 e. The summed E-state index contributed by atoms with van der Waals surface area (Å²) in [5.74, 6) is 0.829. The number of ether oxygens (including phenoxy) is 2. The van der Waals surface area contributed by atoms with E-state index < -0.39 is 10.0 Å². The average molecular weight is 487 g/mol. The molecule has 2 fully saturated rings. The Balaban J connectivity index is 1.22. The van der Waals surface area contributed by atoms with Crippen molar-refractivity contribution in [1.29, 1.82) is 0 Å². The third kappa shape index (κ3) is 4.98. The summed E-state index contributed by atoms with van der Waals surface area (Å²) in [6.45, 7) is 2.10. The van der Waals surface area contributed by atoms with Crippen LogP contribution in [0.3, 0.4) is 0 Å². The van der Waals surface area contributed by atoms with Crippen LogP contribution < -0.4 is 0 Å². The summed E-state index contributed by atoms with van der Waals surface area (Å²) in [6.07, 6.45) is 11.2. The van der Waals surface area contributed by atoms with Gasteiger partial charge in [0, 0.05) is 60.6 Å². The number of rotatable bonds is 8. The summed E-state index contributed by atoms with van der Waals surface area (Å²) in [5.41, 5.74) is 2.01. The summed E-state index contributed by atoms with van der Waals surface area (Å²) in [7, 11) is -1.64. The molecule has 2 aliphatic rings. The number of piperidine rings is 1. The number of sulfonamides is 1. The predicted octanol–water partition coefficient (Wildman–Crippen LogP) is 3.84. The van der Waals surface area contributed by atoms with Gasteiger partial charge in [-0.2, -0.15) is 4.31 Å². The van der Waals surface area contributed by atoms with Crippen LogP contribution in [-0.2, 0) is 19.5 Å². The Morgan fingerprint density at radius 1 is 1.12 bits per heavy atom. The first kappa shape index (κ1) is 23.7. The number of pyridine rings is 2. The Hall–Kier alpha value is -2.07. The minimum absolute atomic E-state index is 0.0340. The molecule has 8 nitrogen and oxygen atoms in total. The van der Waals surface area contributed by atoms with Gasteiger partial charge in [0.15, 0.2) is 5.65 Å². The van der Waals surface area contributed by atoms with E-state index in [1.54, 1.807) is 11.4 Å². The normalized spacial score (nSPS) is 24.7. The fraction of sp³-hybridized carbons (Fsp3) is 0.600.